The van der Waals surface area contributed by atoms with Gasteiger partial charge in [0.05, 0.1) is 25.3 Å². The van der Waals surface area contributed by atoms with Crippen LogP contribution in [0.1, 0.15) is 15.9 Å². The maximum atomic E-state index is 12.3. The lowest BCUT2D eigenvalue weighted by molar-refractivity contribution is 0.0954. The van der Waals surface area contributed by atoms with E-state index in [0.29, 0.717) is 41.1 Å². The van der Waals surface area contributed by atoms with E-state index in [2.05, 4.69) is 15.3 Å². The Kier molecular flexibility index (Phi) is 4.74. The average molecular weight is 341 g/mol. The predicted octanol–water partition coefficient (Wildman–Crippen LogP) is 1.85. The van der Waals surface area contributed by atoms with Crippen LogP contribution in [0.5, 0.6) is 11.5 Å². The van der Waals surface area contributed by atoms with Crippen LogP contribution in [0.25, 0.3) is 11.0 Å². The van der Waals surface area contributed by atoms with Crippen molar-refractivity contribution in [1.82, 2.24) is 15.3 Å². The van der Waals surface area contributed by atoms with Gasteiger partial charge in [0.2, 0.25) is 0 Å². The summed E-state index contributed by atoms with van der Waals surface area (Å²) < 4.78 is 10.5. The monoisotopic (exact) mass is 341 g/mol. The second-order valence-electron chi connectivity index (χ2n) is 5.53. The molecule has 7 nitrogen and oxygen atoms in total. The molecule has 0 atom stereocenters. The molecule has 25 heavy (non-hydrogen) atoms. The molecule has 0 radical (unpaired) electrons. The minimum absolute atomic E-state index is 0.190. The number of benzene rings is 2. The van der Waals surface area contributed by atoms with Gasteiger partial charge < -0.3 is 24.8 Å². The van der Waals surface area contributed by atoms with Crippen LogP contribution in [-0.4, -0.2) is 36.6 Å². The number of amides is 1. The fourth-order valence-electron chi connectivity index (χ4n) is 2.63. The van der Waals surface area contributed by atoms with E-state index < -0.39 is 0 Å². The predicted molar refractivity (Wildman–Crippen MR) is 94.5 cm³/mol. The second kappa shape index (κ2) is 7.12. The first kappa shape index (κ1) is 16.6. The number of ether oxygens (including phenoxy) is 2. The Morgan fingerprint density at radius 3 is 2.52 bits per heavy atom. The quantitative estimate of drug-likeness (QED) is 0.637. The molecule has 0 bridgehead atoms. The van der Waals surface area contributed by atoms with E-state index in [9.17, 15) is 9.59 Å². The van der Waals surface area contributed by atoms with E-state index in [4.69, 9.17) is 9.47 Å². The number of hydrogen-bond donors (Lipinski definition) is 3. The Bertz CT molecular complexity index is 958. The van der Waals surface area contributed by atoms with Crippen LogP contribution in [0.4, 0.5) is 0 Å². The van der Waals surface area contributed by atoms with Gasteiger partial charge in [0.25, 0.3) is 5.91 Å². The molecule has 0 fully saturated rings. The van der Waals surface area contributed by atoms with Crippen molar-refractivity contribution in [3.63, 3.8) is 0 Å². The molecular formula is C18H19N3O4. The lowest BCUT2D eigenvalue weighted by Gasteiger charge is -2.10. The molecule has 1 heterocycles. The Hall–Kier alpha value is -3.22. The van der Waals surface area contributed by atoms with Gasteiger partial charge in [-0.3, -0.25) is 4.79 Å². The highest BCUT2D eigenvalue weighted by Gasteiger charge is 2.08. The first-order valence-electron chi connectivity index (χ1n) is 7.82. The standard InChI is InChI=1S/C18H19N3O4/c1-24-15-6-3-11(9-16(15)25-2)7-8-19-17(22)12-4-5-13-14(10-12)21-18(23)20-13/h3-6,9-10H,7-8H2,1-2H3,(H,19,22)(H2,20,21,23). The summed E-state index contributed by atoms with van der Waals surface area (Å²) in [6, 6.07) is 10.7. The third kappa shape index (κ3) is 3.65. The first-order chi connectivity index (χ1) is 12.1. The Labute approximate surface area is 144 Å². The molecule has 3 rings (SSSR count). The third-order valence-electron chi connectivity index (χ3n) is 3.93. The molecule has 1 aromatic heterocycles. The van der Waals surface area contributed by atoms with E-state index >= 15 is 0 Å². The molecule has 3 N–H and O–H groups in total. The molecule has 0 aliphatic carbocycles. The molecule has 2 aromatic carbocycles. The van der Waals surface area contributed by atoms with Crippen molar-refractivity contribution in [2.75, 3.05) is 20.8 Å². The first-order valence-corrected chi connectivity index (χ1v) is 7.82. The lowest BCUT2D eigenvalue weighted by Crippen LogP contribution is -2.25. The number of H-pyrrole nitrogens is 2. The average Bonchev–Trinajstić information content (AvgIpc) is 3.00. The number of nitrogens with one attached hydrogen (secondary N) is 3. The van der Waals surface area contributed by atoms with Crippen molar-refractivity contribution in [2.24, 2.45) is 0 Å². The summed E-state index contributed by atoms with van der Waals surface area (Å²) in [6.45, 7) is 0.482. The van der Waals surface area contributed by atoms with E-state index in [1.165, 1.54) is 0 Å². The zero-order valence-electron chi connectivity index (χ0n) is 14.0. The number of imidazole rings is 1. The van der Waals surface area contributed by atoms with Crippen LogP contribution in [0.3, 0.4) is 0 Å². The molecule has 7 heteroatoms. The molecular weight excluding hydrogens is 322 g/mol. The number of carbonyl (C=O) groups is 1. The molecule has 0 saturated heterocycles. The number of rotatable bonds is 6. The van der Waals surface area contributed by atoms with Crippen LogP contribution in [-0.2, 0) is 6.42 Å². The zero-order valence-corrected chi connectivity index (χ0v) is 14.0. The van der Waals surface area contributed by atoms with Crippen LogP contribution >= 0.6 is 0 Å². The minimum atomic E-state index is -0.291. The summed E-state index contributed by atoms with van der Waals surface area (Å²) in [5.74, 6) is 1.14. The number of carbonyl (C=O) groups excluding carboxylic acids is 1. The summed E-state index contributed by atoms with van der Waals surface area (Å²) in [6.07, 6.45) is 0.662. The Balaban J connectivity index is 1.62. The lowest BCUT2D eigenvalue weighted by atomic mass is 10.1. The van der Waals surface area contributed by atoms with Gasteiger partial charge in [-0.15, -0.1) is 0 Å². The summed E-state index contributed by atoms with van der Waals surface area (Å²) in [7, 11) is 3.18. The molecule has 0 saturated carbocycles. The molecule has 0 spiro atoms. The molecule has 0 aliphatic rings. The van der Waals surface area contributed by atoms with E-state index in [1.807, 2.05) is 18.2 Å². The van der Waals surface area contributed by atoms with Crippen LogP contribution in [0.15, 0.2) is 41.2 Å². The highest BCUT2D eigenvalue weighted by molar-refractivity contribution is 5.97. The van der Waals surface area contributed by atoms with E-state index in [1.54, 1.807) is 32.4 Å². The zero-order chi connectivity index (χ0) is 17.8. The number of fused-ring (bicyclic) bond motifs is 1. The van der Waals surface area contributed by atoms with Gasteiger partial charge in [0.15, 0.2) is 11.5 Å². The van der Waals surface area contributed by atoms with Gasteiger partial charge in [0, 0.05) is 12.1 Å². The minimum Gasteiger partial charge on any atom is -0.493 e. The Morgan fingerprint density at radius 2 is 1.76 bits per heavy atom. The van der Waals surface area contributed by atoms with Crippen LogP contribution in [0.2, 0.25) is 0 Å². The molecule has 3 aromatic rings. The van der Waals surface area contributed by atoms with Crippen LogP contribution < -0.4 is 20.5 Å². The van der Waals surface area contributed by atoms with E-state index in [0.717, 1.165) is 5.56 Å². The molecule has 0 aliphatic heterocycles. The second-order valence-corrected chi connectivity index (χ2v) is 5.53. The molecule has 1 amide bonds. The molecule has 130 valence electrons. The van der Waals surface area contributed by atoms with Gasteiger partial charge in [-0.25, -0.2) is 4.79 Å². The molecule has 0 unspecified atom stereocenters. The summed E-state index contributed by atoms with van der Waals surface area (Å²) in [5.41, 5.74) is 2.52. The number of methoxy groups -OCH3 is 2. The maximum Gasteiger partial charge on any atom is 0.323 e. The fraction of sp³-hybridized carbons (Fsp3) is 0.222. The van der Waals surface area contributed by atoms with Crippen molar-refractivity contribution < 1.29 is 14.3 Å². The van der Waals surface area contributed by atoms with Crippen molar-refractivity contribution in [3.8, 4) is 11.5 Å². The fourth-order valence-corrected chi connectivity index (χ4v) is 2.63. The summed E-state index contributed by atoms with van der Waals surface area (Å²) in [5, 5.41) is 2.87. The third-order valence-corrected chi connectivity index (χ3v) is 3.93. The van der Waals surface area contributed by atoms with Crippen LogP contribution in [0, 0.1) is 0 Å². The Morgan fingerprint density at radius 1 is 1.00 bits per heavy atom. The van der Waals surface area contributed by atoms with Gasteiger partial charge in [-0.1, -0.05) is 6.07 Å². The van der Waals surface area contributed by atoms with Gasteiger partial charge in [-0.05, 0) is 42.3 Å². The van der Waals surface area contributed by atoms with Gasteiger partial charge >= 0.3 is 5.69 Å². The highest BCUT2D eigenvalue weighted by atomic mass is 16.5. The summed E-state index contributed by atoms with van der Waals surface area (Å²) >= 11 is 0. The maximum absolute atomic E-state index is 12.3. The van der Waals surface area contributed by atoms with Crippen molar-refractivity contribution in [1.29, 1.82) is 0 Å². The topological polar surface area (TPSA) is 96.2 Å². The van der Waals surface area contributed by atoms with Crippen molar-refractivity contribution in [2.45, 2.75) is 6.42 Å². The number of aromatic nitrogens is 2. The van der Waals surface area contributed by atoms with Gasteiger partial charge in [0.1, 0.15) is 0 Å². The smallest absolute Gasteiger partial charge is 0.323 e. The number of hydrogen-bond acceptors (Lipinski definition) is 4. The normalized spacial score (nSPS) is 10.6. The van der Waals surface area contributed by atoms with Crippen molar-refractivity contribution >= 4 is 16.9 Å². The largest absolute Gasteiger partial charge is 0.493 e. The highest BCUT2D eigenvalue weighted by Crippen LogP contribution is 2.27. The van der Waals surface area contributed by atoms with E-state index in [-0.39, 0.29) is 11.6 Å². The van der Waals surface area contributed by atoms with Crippen molar-refractivity contribution in [3.05, 3.63) is 58.0 Å². The van der Waals surface area contributed by atoms with Gasteiger partial charge in [-0.2, -0.15) is 0 Å². The number of aromatic amines is 2. The summed E-state index contributed by atoms with van der Waals surface area (Å²) in [4.78, 5) is 28.8. The SMILES string of the molecule is COc1ccc(CCNC(=O)c2ccc3[nH]c(=O)[nH]c3c2)cc1OC.